The minimum Gasteiger partial charge on any atom is -0.362 e. The molecule has 2 aromatic heterocycles. The fourth-order valence-corrected chi connectivity index (χ4v) is 2.94. The first-order valence-electron chi connectivity index (χ1n) is 8.48. The Balaban J connectivity index is 1.48. The Bertz CT molecular complexity index is 1010. The van der Waals surface area contributed by atoms with E-state index in [4.69, 9.17) is 0 Å². The number of hydrogen-bond acceptors (Lipinski definition) is 4. The SMILES string of the molecule is Fc1ccc2ncnc(NCc3nccn3CCc3ccccc3)c2c1. The van der Waals surface area contributed by atoms with E-state index < -0.39 is 0 Å². The molecule has 0 aliphatic heterocycles. The summed E-state index contributed by atoms with van der Waals surface area (Å²) in [5.74, 6) is 1.20. The van der Waals surface area contributed by atoms with Gasteiger partial charge in [-0.25, -0.2) is 19.3 Å². The molecule has 0 unspecified atom stereocenters. The van der Waals surface area contributed by atoms with Crippen molar-refractivity contribution in [3.05, 3.63) is 84.5 Å². The molecular weight excluding hydrogens is 329 g/mol. The lowest BCUT2D eigenvalue weighted by Crippen LogP contribution is -2.11. The van der Waals surface area contributed by atoms with E-state index in [0.717, 1.165) is 18.8 Å². The third-order valence-electron chi connectivity index (χ3n) is 4.30. The Morgan fingerprint density at radius 3 is 2.77 bits per heavy atom. The maximum atomic E-state index is 13.6. The Morgan fingerprint density at radius 2 is 1.88 bits per heavy atom. The van der Waals surface area contributed by atoms with Crippen molar-refractivity contribution in [3.63, 3.8) is 0 Å². The van der Waals surface area contributed by atoms with E-state index in [-0.39, 0.29) is 5.82 Å². The van der Waals surface area contributed by atoms with Gasteiger partial charge in [0.15, 0.2) is 0 Å². The molecule has 5 nitrogen and oxygen atoms in total. The van der Waals surface area contributed by atoms with Crippen LogP contribution in [0.15, 0.2) is 67.3 Å². The summed E-state index contributed by atoms with van der Waals surface area (Å²) in [7, 11) is 0. The summed E-state index contributed by atoms with van der Waals surface area (Å²) in [5, 5.41) is 3.92. The lowest BCUT2D eigenvalue weighted by atomic mass is 10.1. The molecule has 0 aliphatic carbocycles. The van der Waals surface area contributed by atoms with Gasteiger partial charge in [0, 0.05) is 24.3 Å². The standard InChI is InChI=1S/C20H18FN5/c21-16-6-7-18-17(12-16)20(25-14-24-18)23-13-19-22-9-11-26(19)10-8-15-4-2-1-3-5-15/h1-7,9,11-12,14H,8,10,13H2,(H,23,24,25). The molecule has 0 saturated carbocycles. The summed E-state index contributed by atoms with van der Waals surface area (Å²) < 4.78 is 15.7. The average Bonchev–Trinajstić information content (AvgIpc) is 3.13. The van der Waals surface area contributed by atoms with Crippen LogP contribution < -0.4 is 5.32 Å². The highest BCUT2D eigenvalue weighted by Gasteiger charge is 2.07. The van der Waals surface area contributed by atoms with Gasteiger partial charge in [-0.2, -0.15) is 0 Å². The number of imidazole rings is 1. The Hall–Kier alpha value is -3.28. The first-order valence-corrected chi connectivity index (χ1v) is 8.48. The van der Waals surface area contributed by atoms with Crippen LogP contribution in [0.25, 0.3) is 10.9 Å². The van der Waals surface area contributed by atoms with E-state index in [2.05, 4.69) is 37.0 Å². The molecule has 0 amide bonds. The van der Waals surface area contributed by atoms with E-state index in [0.29, 0.717) is 23.3 Å². The van der Waals surface area contributed by atoms with Crippen LogP contribution in [-0.4, -0.2) is 19.5 Å². The second kappa shape index (κ2) is 7.31. The summed E-state index contributed by atoms with van der Waals surface area (Å²) in [6, 6.07) is 14.8. The van der Waals surface area contributed by atoms with Crippen molar-refractivity contribution in [2.75, 3.05) is 5.32 Å². The van der Waals surface area contributed by atoms with Gasteiger partial charge in [-0.05, 0) is 30.2 Å². The summed E-state index contributed by atoms with van der Waals surface area (Å²) in [6.45, 7) is 1.35. The van der Waals surface area contributed by atoms with E-state index >= 15 is 0 Å². The number of aromatic nitrogens is 4. The van der Waals surface area contributed by atoms with Crippen LogP contribution >= 0.6 is 0 Å². The molecule has 0 aliphatic rings. The Morgan fingerprint density at radius 1 is 1.00 bits per heavy atom. The zero-order chi connectivity index (χ0) is 17.8. The number of anilines is 1. The molecule has 0 atom stereocenters. The van der Waals surface area contributed by atoms with E-state index in [1.165, 1.54) is 24.0 Å². The van der Waals surface area contributed by atoms with Gasteiger partial charge in [0.1, 0.15) is 23.8 Å². The normalized spacial score (nSPS) is 11.0. The number of nitrogens with zero attached hydrogens (tertiary/aromatic N) is 4. The number of nitrogens with one attached hydrogen (secondary N) is 1. The molecule has 4 rings (SSSR count). The van der Waals surface area contributed by atoms with Gasteiger partial charge in [-0.3, -0.25) is 0 Å². The van der Waals surface area contributed by atoms with E-state index in [1.807, 2.05) is 24.4 Å². The molecule has 1 N–H and O–H groups in total. The van der Waals surface area contributed by atoms with Gasteiger partial charge in [0.05, 0.1) is 12.1 Å². The predicted molar refractivity (Wildman–Crippen MR) is 99.2 cm³/mol. The summed E-state index contributed by atoms with van der Waals surface area (Å²) in [5.41, 5.74) is 1.99. The summed E-state index contributed by atoms with van der Waals surface area (Å²) in [4.78, 5) is 12.8. The smallest absolute Gasteiger partial charge is 0.137 e. The van der Waals surface area contributed by atoms with Crippen molar-refractivity contribution in [1.82, 2.24) is 19.5 Å². The minimum absolute atomic E-state index is 0.306. The zero-order valence-electron chi connectivity index (χ0n) is 14.1. The van der Waals surface area contributed by atoms with Crippen LogP contribution in [-0.2, 0) is 19.5 Å². The fourth-order valence-electron chi connectivity index (χ4n) is 2.94. The largest absolute Gasteiger partial charge is 0.362 e. The van der Waals surface area contributed by atoms with Gasteiger partial charge in [0.25, 0.3) is 0 Å². The molecule has 2 heterocycles. The van der Waals surface area contributed by atoms with Crippen molar-refractivity contribution in [2.45, 2.75) is 19.5 Å². The fraction of sp³-hybridized carbons (Fsp3) is 0.150. The lowest BCUT2D eigenvalue weighted by molar-refractivity contribution is 0.629. The van der Waals surface area contributed by atoms with Crippen LogP contribution in [0, 0.1) is 5.82 Å². The molecule has 0 spiro atoms. The van der Waals surface area contributed by atoms with Crippen molar-refractivity contribution in [1.29, 1.82) is 0 Å². The molecule has 130 valence electrons. The van der Waals surface area contributed by atoms with E-state index in [1.54, 1.807) is 12.3 Å². The van der Waals surface area contributed by atoms with Crippen molar-refractivity contribution >= 4 is 16.7 Å². The molecule has 4 aromatic rings. The van der Waals surface area contributed by atoms with Gasteiger partial charge < -0.3 is 9.88 Å². The van der Waals surface area contributed by atoms with Crippen molar-refractivity contribution in [2.24, 2.45) is 0 Å². The third-order valence-corrected chi connectivity index (χ3v) is 4.30. The Labute approximate surface area is 150 Å². The minimum atomic E-state index is -0.306. The predicted octanol–water partition coefficient (Wildman–Crippen LogP) is 3.82. The molecular formula is C20H18FN5. The van der Waals surface area contributed by atoms with Crippen LogP contribution in [0.3, 0.4) is 0 Å². The maximum absolute atomic E-state index is 13.6. The second-order valence-corrected chi connectivity index (χ2v) is 6.01. The van der Waals surface area contributed by atoms with Crippen LogP contribution in [0.4, 0.5) is 10.2 Å². The summed E-state index contributed by atoms with van der Waals surface area (Å²) in [6.07, 6.45) is 6.17. The first kappa shape index (κ1) is 16.2. The number of hydrogen-bond donors (Lipinski definition) is 1. The van der Waals surface area contributed by atoms with Gasteiger partial charge in [0.2, 0.25) is 0 Å². The molecule has 0 fully saturated rings. The molecule has 2 aromatic carbocycles. The van der Waals surface area contributed by atoms with E-state index in [9.17, 15) is 4.39 Å². The quantitative estimate of drug-likeness (QED) is 0.576. The van der Waals surface area contributed by atoms with Gasteiger partial charge in [-0.15, -0.1) is 0 Å². The highest BCUT2D eigenvalue weighted by Crippen LogP contribution is 2.20. The molecule has 0 saturated heterocycles. The van der Waals surface area contributed by atoms with Crippen LogP contribution in [0.5, 0.6) is 0 Å². The number of benzene rings is 2. The van der Waals surface area contributed by atoms with Gasteiger partial charge >= 0.3 is 0 Å². The van der Waals surface area contributed by atoms with Gasteiger partial charge in [-0.1, -0.05) is 30.3 Å². The number of halogens is 1. The third kappa shape index (κ3) is 3.54. The van der Waals surface area contributed by atoms with Crippen molar-refractivity contribution < 1.29 is 4.39 Å². The van der Waals surface area contributed by atoms with Crippen molar-refractivity contribution in [3.8, 4) is 0 Å². The van der Waals surface area contributed by atoms with Crippen LogP contribution in [0.1, 0.15) is 11.4 Å². The molecule has 26 heavy (non-hydrogen) atoms. The number of aryl methyl sites for hydroxylation is 2. The molecule has 6 heteroatoms. The second-order valence-electron chi connectivity index (χ2n) is 6.01. The summed E-state index contributed by atoms with van der Waals surface area (Å²) >= 11 is 0. The highest BCUT2D eigenvalue weighted by molar-refractivity contribution is 5.88. The highest BCUT2D eigenvalue weighted by atomic mass is 19.1. The zero-order valence-corrected chi connectivity index (χ0v) is 14.1. The van der Waals surface area contributed by atoms with Crippen LogP contribution in [0.2, 0.25) is 0 Å². The number of rotatable bonds is 6. The number of fused-ring (bicyclic) bond motifs is 1. The topological polar surface area (TPSA) is 55.6 Å². The monoisotopic (exact) mass is 347 g/mol. The average molecular weight is 347 g/mol. The first-order chi connectivity index (χ1) is 12.8. The Kier molecular flexibility index (Phi) is 4.55. The lowest BCUT2D eigenvalue weighted by Gasteiger charge is -2.11. The molecule has 0 radical (unpaired) electrons. The maximum Gasteiger partial charge on any atom is 0.137 e. The molecule has 0 bridgehead atoms.